The highest BCUT2D eigenvalue weighted by molar-refractivity contribution is 5.92. The lowest BCUT2D eigenvalue weighted by molar-refractivity contribution is 0.0945. The predicted molar refractivity (Wildman–Crippen MR) is 89.1 cm³/mol. The van der Waals surface area contributed by atoms with Crippen LogP contribution in [0.1, 0.15) is 36.3 Å². The molecule has 0 saturated heterocycles. The van der Waals surface area contributed by atoms with Gasteiger partial charge < -0.3 is 20.1 Å². The van der Waals surface area contributed by atoms with Crippen LogP contribution in [0.5, 0.6) is 11.5 Å². The highest BCUT2D eigenvalue weighted by Crippen LogP contribution is 2.32. The van der Waals surface area contributed by atoms with E-state index in [-0.39, 0.29) is 18.7 Å². The van der Waals surface area contributed by atoms with Crippen molar-refractivity contribution in [1.82, 2.24) is 15.3 Å². The second-order valence-electron chi connectivity index (χ2n) is 5.59. The number of nitrogens with zero attached hydrogens (tertiary/aromatic N) is 2. The van der Waals surface area contributed by atoms with Gasteiger partial charge in [0, 0.05) is 18.8 Å². The van der Waals surface area contributed by atoms with Crippen LogP contribution in [0, 0.1) is 0 Å². The standard InChI is InChI=1S/C17H20N4O3/c1-3-11(2)20-17-18-7-6-13(21-17)16(22)19-9-12-4-5-14-15(8-12)24-10-23-14/h4-8,11H,3,9-10H2,1-2H3,(H,19,22)(H,18,20,21). The molecule has 0 bridgehead atoms. The van der Waals surface area contributed by atoms with Gasteiger partial charge in [0.2, 0.25) is 12.7 Å². The molecule has 1 aromatic carbocycles. The molecular weight excluding hydrogens is 308 g/mol. The summed E-state index contributed by atoms with van der Waals surface area (Å²) in [5.74, 6) is 1.63. The molecule has 0 aliphatic carbocycles. The highest BCUT2D eigenvalue weighted by Gasteiger charge is 2.14. The molecule has 1 aliphatic rings. The fourth-order valence-corrected chi connectivity index (χ4v) is 2.20. The first-order valence-electron chi connectivity index (χ1n) is 7.92. The number of carbonyl (C=O) groups is 1. The quantitative estimate of drug-likeness (QED) is 0.846. The Bertz CT molecular complexity index is 736. The third-order valence-electron chi connectivity index (χ3n) is 3.77. The van der Waals surface area contributed by atoms with E-state index in [0.29, 0.717) is 23.9 Å². The normalized spacial score (nSPS) is 13.4. The number of fused-ring (bicyclic) bond motifs is 1. The third kappa shape index (κ3) is 3.73. The molecule has 7 nitrogen and oxygen atoms in total. The van der Waals surface area contributed by atoms with E-state index in [4.69, 9.17) is 9.47 Å². The average molecular weight is 328 g/mol. The number of carbonyl (C=O) groups excluding carboxylic acids is 1. The molecule has 0 spiro atoms. The molecule has 3 rings (SSSR count). The predicted octanol–water partition coefficient (Wildman–Crippen LogP) is 2.35. The van der Waals surface area contributed by atoms with E-state index in [1.165, 1.54) is 0 Å². The van der Waals surface area contributed by atoms with Crippen molar-refractivity contribution < 1.29 is 14.3 Å². The molecule has 1 aromatic heterocycles. The lowest BCUT2D eigenvalue weighted by Gasteiger charge is -2.11. The van der Waals surface area contributed by atoms with E-state index in [1.54, 1.807) is 12.3 Å². The summed E-state index contributed by atoms with van der Waals surface area (Å²) in [6.07, 6.45) is 2.52. The molecule has 2 aromatic rings. The van der Waals surface area contributed by atoms with Gasteiger partial charge in [-0.1, -0.05) is 13.0 Å². The zero-order valence-corrected chi connectivity index (χ0v) is 13.7. The molecule has 0 radical (unpaired) electrons. The van der Waals surface area contributed by atoms with E-state index in [2.05, 4.69) is 27.5 Å². The van der Waals surface area contributed by atoms with E-state index in [9.17, 15) is 4.79 Å². The Labute approximate surface area is 140 Å². The van der Waals surface area contributed by atoms with Crippen LogP contribution in [0.3, 0.4) is 0 Å². The lowest BCUT2D eigenvalue weighted by Crippen LogP contribution is -2.25. The van der Waals surface area contributed by atoms with E-state index < -0.39 is 0 Å². The summed E-state index contributed by atoms with van der Waals surface area (Å²) in [7, 11) is 0. The third-order valence-corrected chi connectivity index (χ3v) is 3.77. The molecule has 0 fully saturated rings. The molecule has 1 atom stereocenters. The maximum atomic E-state index is 12.3. The summed E-state index contributed by atoms with van der Waals surface area (Å²) in [6, 6.07) is 7.43. The van der Waals surface area contributed by atoms with Crippen LogP contribution in [0.4, 0.5) is 5.95 Å². The summed E-state index contributed by atoms with van der Waals surface area (Å²) in [5.41, 5.74) is 1.26. The molecule has 2 heterocycles. The zero-order chi connectivity index (χ0) is 16.9. The molecule has 0 saturated carbocycles. The number of amides is 1. The number of nitrogens with one attached hydrogen (secondary N) is 2. The van der Waals surface area contributed by atoms with Crippen LogP contribution in [0.15, 0.2) is 30.5 Å². The Morgan fingerprint density at radius 3 is 2.96 bits per heavy atom. The minimum atomic E-state index is -0.248. The number of benzene rings is 1. The fraction of sp³-hybridized carbons (Fsp3) is 0.353. The minimum absolute atomic E-state index is 0.234. The molecule has 2 N–H and O–H groups in total. The molecule has 1 aliphatic heterocycles. The van der Waals surface area contributed by atoms with Gasteiger partial charge in [0.1, 0.15) is 5.69 Å². The Hall–Kier alpha value is -2.83. The van der Waals surface area contributed by atoms with Crippen LogP contribution >= 0.6 is 0 Å². The van der Waals surface area contributed by atoms with Crippen molar-refractivity contribution >= 4 is 11.9 Å². The first-order valence-corrected chi connectivity index (χ1v) is 7.92. The molecule has 1 unspecified atom stereocenters. The molecule has 126 valence electrons. The van der Waals surface area contributed by atoms with Crippen molar-refractivity contribution in [2.45, 2.75) is 32.9 Å². The zero-order valence-electron chi connectivity index (χ0n) is 13.7. The van der Waals surface area contributed by atoms with Gasteiger partial charge in [-0.2, -0.15) is 0 Å². The molecule has 24 heavy (non-hydrogen) atoms. The Kier molecular flexibility index (Phi) is 4.79. The van der Waals surface area contributed by atoms with Crippen molar-refractivity contribution in [1.29, 1.82) is 0 Å². The maximum absolute atomic E-state index is 12.3. The number of hydrogen-bond donors (Lipinski definition) is 2. The van der Waals surface area contributed by atoms with Gasteiger partial charge in [0.05, 0.1) is 0 Å². The monoisotopic (exact) mass is 328 g/mol. The Morgan fingerprint density at radius 2 is 2.12 bits per heavy atom. The van der Waals surface area contributed by atoms with Crippen molar-refractivity contribution in [2.75, 3.05) is 12.1 Å². The van der Waals surface area contributed by atoms with Gasteiger partial charge >= 0.3 is 0 Å². The van der Waals surface area contributed by atoms with Crippen molar-refractivity contribution in [2.24, 2.45) is 0 Å². The summed E-state index contributed by atoms with van der Waals surface area (Å²) >= 11 is 0. The fourth-order valence-electron chi connectivity index (χ4n) is 2.20. The second-order valence-corrected chi connectivity index (χ2v) is 5.59. The van der Waals surface area contributed by atoms with E-state index >= 15 is 0 Å². The summed E-state index contributed by atoms with van der Waals surface area (Å²) in [5, 5.41) is 6.00. The molecule has 7 heteroatoms. The van der Waals surface area contributed by atoms with Gasteiger partial charge in [-0.25, -0.2) is 9.97 Å². The lowest BCUT2D eigenvalue weighted by atomic mass is 10.2. The number of rotatable bonds is 6. The Morgan fingerprint density at radius 1 is 1.29 bits per heavy atom. The van der Waals surface area contributed by atoms with Crippen LogP contribution in [0.2, 0.25) is 0 Å². The van der Waals surface area contributed by atoms with E-state index in [0.717, 1.165) is 17.7 Å². The maximum Gasteiger partial charge on any atom is 0.270 e. The first-order chi connectivity index (χ1) is 11.7. The second kappa shape index (κ2) is 7.16. The van der Waals surface area contributed by atoms with Gasteiger partial charge in [-0.05, 0) is 37.1 Å². The van der Waals surface area contributed by atoms with Crippen molar-refractivity contribution in [3.8, 4) is 11.5 Å². The van der Waals surface area contributed by atoms with Crippen molar-refractivity contribution in [3.05, 3.63) is 41.7 Å². The minimum Gasteiger partial charge on any atom is -0.454 e. The summed E-state index contributed by atoms with van der Waals surface area (Å²) in [4.78, 5) is 20.7. The highest BCUT2D eigenvalue weighted by atomic mass is 16.7. The summed E-state index contributed by atoms with van der Waals surface area (Å²) in [6.45, 7) is 4.72. The number of ether oxygens (including phenoxy) is 2. The molecular formula is C17H20N4O3. The smallest absolute Gasteiger partial charge is 0.270 e. The largest absolute Gasteiger partial charge is 0.454 e. The first kappa shape index (κ1) is 16.0. The number of aromatic nitrogens is 2. The van der Waals surface area contributed by atoms with Gasteiger partial charge in [-0.15, -0.1) is 0 Å². The van der Waals surface area contributed by atoms with E-state index in [1.807, 2.05) is 25.1 Å². The number of anilines is 1. The van der Waals surface area contributed by atoms with Gasteiger partial charge in [0.15, 0.2) is 11.5 Å². The van der Waals surface area contributed by atoms with Gasteiger partial charge in [-0.3, -0.25) is 4.79 Å². The van der Waals surface area contributed by atoms with Crippen LogP contribution < -0.4 is 20.1 Å². The van der Waals surface area contributed by atoms with Crippen LogP contribution in [-0.2, 0) is 6.54 Å². The summed E-state index contributed by atoms with van der Waals surface area (Å²) < 4.78 is 10.6. The van der Waals surface area contributed by atoms with Crippen LogP contribution in [0.25, 0.3) is 0 Å². The Balaban J connectivity index is 1.61. The number of hydrogen-bond acceptors (Lipinski definition) is 6. The average Bonchev–Trinajstić information content (AvgIpc) is 3.07. The van der Waals surface area contributed by atoms with Crippen molar-refractivity contribution in [3.63, 3.8) is 0 Å². The molecule has 1 amide bonds. The topological polar surface area (TPSA) is 85.4 Å². The van der Waals surface area contributed by atoms with Gasteiger partial charge in [0.25, 0.3) is 5.91 Å². The SMILES string of the molecule is CCC(C)Nc1nccc(C(=O)NCc2ccc3c(c2)OCO3)n1. The van der Waals surface area contributed by atoms with Crippen LogP contribution in [-0.4, -0.2) is 28.7 Å².